The van der Waals surface area contributed by atoms with Crippen LogP contribution in [-0.4, -0.2) is 33.9 Å². The van der Waals surface area contributed by atoms with Crippen LogP contribution in [0.4, 0.5) is 5.69 Å². The summed E-state index contributed by atoms with van der Waals surface area (Å²) >= 11 is 6.18. The Bertz CT molecular complexity index is 557. The minimum absolute atomic E-state index is 0.113. The highest BCUT2D eigenvalue weighted by Crippen LogP contribution is 2.29. The van der Waals surface area contributed by atoms with E-state index >= 15 is 0 Å². The molecule has 0 fully saturated rings. The van der Waals surface area contributed by atoms with Crippen molar-refractivity contribution in [2.75, 3.05) is 19.5 Å². The molecule has 0 radical (unpaired) electrons. The van der Waals surface area contributed by atoms with Gasteiger partial charge in [-0.3, -0.25) is 0 Å². The van der Waals surface area contributed by atoms with Gasteiger partial charge in [0.2, 0.25) is 0 Å². The van der Waals surface area contributed by atoms with Crippen molar-refractivity contribution in [2.24, 2.45) is 0 Å². The number of anilines is 1. The van der Waals surface area contributed by atoms with Gasteiger partial charge in [-0.1, -0.05) is 11.6 Å². The number of hydrogen-bond donors (Lipinski definition) is 1. The molecular formula is C12H16ClN5O. The molecule has 0 amide bonds. The lowest BCUT2D eigenvalue weighted by molar-refractivity contribution is 0.178. The Morgan fingerprint density at radius 1 is 1.47 bits per heavy atom. The van der Waals surface area contributed by atoms with Crippen molar-refractivity contribution >= 4 is 17.3 Å². The van der Waals surface area contributed by atoms with E-state index in [0.717, 1.165) is 12.0 Å². The average molecular weight is 282 g/mol. The van der Waals surface area contributed by atoms with Crippen molar-refractivity contribution < 1.29 is 4.74 Å². The van der Waals surface area contributed by atoms with E-state index in [0.29, 0.717) is 23.1 Å². The zero-order chi connectivity index (χ0) is 13.8. The van der Waals surface area contributed by atoms with E-state index < -0.39 is 0 Å². The maximum absolute atomic E-state index is 6.18. The minimum Gasteiger partial charge on any atom is -0.399 e. The molecule has 1 atom stereocenters. The molecule has 0 saturated heterocycles. The predicted octanol–water partition coefficient (Wildman–Crippen LogP) is 2.17. The monoisotopic (exact) mass is 281 g/mol. The molecule has 1 aromatic carbocycles. The molecule has 7 heteroatoms. The molecule has 102 valence electrons. The Balaban J connectivity index is 2.35. The number of nitrogens with two attached hydrogens (primary N) is 1. The quantitative estimate of drug-likeness (QED) is 0.850. The fourth-order valence-electron chi connectivity index (χ4n) is 1.79. The van der Waals surface area contributed by atoms with Crippen molar-refractivity contribution in [1.82, 2.24) is 20.2 Å². The molecule has 1 heterocycles. The van der Waals surface area contributed by atoms with Crippen LogP contribution in [0.3, 0.4) is 0 Å². The lowest BCUT2D eigenvalue weighted by atomic mass is 10.1. The number of benzene rings is 1. The maximum atomic E-state index is 6.18. The number of methoxy groups -OCH3 is 1. The summed E-state index contributed by atoms with van der Waals surface area (Å²) in [5, 5.41) is 12.3. The molecule has 19 heavy (non-hydrogen) atoms. The highest BCUT2D eigenvalue weighted by Gasteiger charge is 2.17. The van der Waals surface area contributed by atoms with Crippen molar-refractivity contribution in [3.05, 3.63) is 23.2 Å². The second-order valence-corrected chi connectivity index (χ2v) is 4.72. The van der Waals surface area contributed by atoms with Gasteiger partial charge in [0, 0.05) is 25.0 Å². The molecule has 2 aromatic rings. The Kier molecular flexibility index (Phi) is 4.34. The highest BCUT2D eigenvalue weighted by atomic mass is 35.5. The lowest BCUT2D eigenvalue weighted by Gasteiger charge is -2.13. The van der Waals surface area contributed by atoms with Gasteiger partial charge in [0.05, 0.1) is 11.1 Å². The summed E-state index contributed by atoms with van der Waals surface area (Å²) < 4.78 is 6.81. The zero-order valence-electron chi connectivity index (χ0n) is 10.9. The minimum atomic E-state index is 0.113. The smallest absolute Gasteiger partial charge is 0.183 e. The number of halogens is 1. The average Bonchev–Trinajstić information content (AvgIpc) is 2.88. The molecule has 0 aliphatic rings. The third kappa shape index (κ3) is 3.02. The van der Waals surface area contributed by atoms with Gasteiger partial charge in [-0.05, 0) is 42.0 Å². The summed E-state index contributed by atoms with van der Waals surface area (Å²) in [5.41, 5.74) is 7.14. The summed E-state index contributed by atoms with van der Waals surface area (Å²) in [6.45, 7) is 2.67. The molecule has 1 unspecified atom stereocenters. The van der Waals surface area contributed by atoms with Crippen LogP contribution < -0.4 is 5.73 Å². The van der Waals surface area contributed by atoms with Gasteiger partial charge < -0.3 is 10.5 Å². The van der Waals surface area contributed by atoms with Gasteiger partial charge in [0.1, 0.15) is 0 Å². The van der Waals surface area contributed by atoms with E-state index in [2.05, 4.69) is 15.5 Å². The van der Waals surface area contributed by atoms with Crippen molar-refractivity contribution in [3.63, 3.8) is 0 Å². The number of rotatable bonds is 5. The third-order valence-electron chi connectivity index (χ3n) is 2.88. The third-order valence-corrected chi connectivity index (χ3v) is 3.21. The maximum Gasteiger partial charge on any atom is 0.183 e. The molecule has 0 spiro atoms. The van der Waals surface area contributed by atoms with Crippen molar-refractivity contribution in [2.45, 2.75) is 19.4 Å². The number of ether oxygens (including phenoxy) is 1. The second-order valence-electron chi connectivity index (χ2n) is 4.32. The van der Waals surface area contributed by atoms with E-state index in [1.165, 1.54) is 0 Å². The summed E-state index contributed by atoms with van der Waals surface area (Å²) in [4.78, 5) is 0. The molecule has 0 aliphatic heterocycles. The number of hydrogen-bond acceptors (Lipinski definition) is 5. The summed E-state index contributed by atoms with van der Waals surface area (Å²) in [7, 11) is 1.67. The molecule has 6 nitrogen and oxygen atoms in total. The van der Waals surface area contributed by atoms with Crippen LogP contribution in [-0.2, 0) is 4.74 Å². The number of nitrogen functional groups attached to an aromatic ring is 1. The van der Waals surface area contributed by atoms with Gasteiger partial charge in [-0.2, -0.15) is 0 Å². The highest BCUT2D eigenvalue weighted by molar-refractivity contribution is 6.33. The van der Waals surface area contributed by atoms with E-state index in [4.69, 9.17) is 22.1 Å². The fraction of sp³-hybridized carbons (Fsp3) is 0.417. The van der Waals surface area contributed by atoms with Crippen LogP contribution in [0, 0.1) is 0 Å². The van der Waals surface area contributed by atoms with Gasteiger partial charge in [-0.15, -0.1) is 5.10 Å². The van der Waals surface area contributed by atoms with Crippen LogP contribution in [0.2, 0.25) is 5.02 Å². The predicted molar refractivity (Wildman–Crippen MR) is 73.9 cm³/mol. The first-order chi connectivity index (χ1) is 9.13. The topological polar surface area (TPSA) is 78.8 Å². The van der Waals surface area contributed by atoms with E-state index in [9.17, 15) is 0 Å². The molecule has 0 aliphatic carbocycles. The SMILES string of the molecule is COCCC(C)n1nnnc1-c1cc(N)ccc1Cl. The van der Waals surface area contributed by atoms with Crippen LogP contribution in [0.1, 0.15) is 19.4 Å². The van der Waals surface area contributed by atoms with Crippen molar-refractivity contribution in [1.29, 1.82) is 0 Å². The Hall–Kier alpha value is -1.66. The van der Waals surface area contributed by atoms with Gasteiger partial charge >= 0.3 is 0 Å². The molecule has 2 N–H and O–H groups in total. The van der Waals surface area contributed by atoms with E-state index in [1.54, 1.807) is 30.0 Å². The largest absolute Gasteiger partial charge is 0.399 e. The molecule has 0 saturated carbocycles. The van der Waals surface area contributed by atoms with Crippen molar-refractivity contribution in [3.8, 4) is 11.4 Å². The number of nitrogens with zero attached hydrogens (tertiary/aromatic N) is 4. The van der Waals surface area contributed by atoms with E-state index in [1.807, 2.05) is 6.92 Å². The first-order valence-corrected chi connectivity index (χ1v) is 6.33. The van der Waals surface area contributed by atoms with Gasteiger partial charge in [0.25, 0.3) is 0 Å². The van der Waals surface area contributed by atoms with Gasteiger partial charge in [0.15, 0.2) is 5.82 Å². The summed E-state index contributed by atoms with van der Waals surface area (Å²) in [6.07, 6.45) is 0.814. The molecule has 0 bridgehead atoms. The van der Waals surface area contributed by atoms with Crippen LogP contribution in [0.15, 0.2) is 18.2 Å². The van der Waals surface area contributed by atoms with Gasteiger partial charge in [-0.25, -0.2) is 4.68 Å². The van der Waals surface area contributed by atoms with Crippen LogP contribution in [0.5, 0.6) is 0 Å². The molecular weight excluding hydrogens is 266 g/mol. The Morgan fingerprint density at radius 2 is 2.26 bits per heavy atom. The number of tetrazole rings is 1. The van der Waals surface area contributed by atoms with Crippen LogP contribution in [0.25, 0.3) is 11.4 Å². The number of aromatic nitrogens is 4. The first-order valence-electron chi connectivity index (χ1n) is 5.95. The summed E-state index contributed by atoms with van der Waals surface area (Å²) in [5.74, 6) is 0.612. The Morgan fingerprint density at radius 3 is 3.00 bits per heavy atom. The molecule has 2 rings (SSSR count). The zero-order valence-corrected chi connectivity index (χ0v) is 11.6. The Labute approximate surface area is 116 Å². The van der Waals surface area contributed by atoms with Crippen LogP contribution >= 0.6 is 11.6 Å². The van der Waals surface area contributed by atoms with E-state index in [-0.39, 0.29) is 6.04 Å². The second kappa shape index (κ2) is 5.99. The standard InChI is InChI=1S/C12H16ClN5O/c1-8(5-6-19-2)18-12(15-16-17-18)10-7-9(14)3-4-11(10)13/h3-4,7-8H,5-6,14H2,1-2H3. The lowest BCUT2D eigenvalue weighted by Crippen LogP contribution is -2.11. The summed E-state index contributed by atoms with van der Waals surface area (Å²) in [6, 6.07) is 5.37. The molecule has 1 aromatic heterocycles. The first kappa shape index (κ1) is 13.8. The normalized spacial score (nSPS) is 12.6. The fourth-order valence-corrected chi connectivity index (χ4v) is 1.99.